The molecule has 0 radical (unpaired) electrons. The molecule has 0 aliphatic carbocycles. The van der Waals surface area contributed by atoms with Crippen LogP contribution < -0.4 is 0 Å². The van der Waals surface area contributed by atoms with Crippen molar-refractivity contribution < 1.29 is 14.6 Å². The second kappa shape index (κ2) is 4.34. The Balaban J connectivity index is 2.19. The van der Waals surface area contributed by atoms with E-state index in [2.05, 4.69) is 4.90 Å². The number of rotatable bonds is 3. The summed E-state index contributed by atoms with van der Waals surface area (Å²) in [6.45, 7) is 4.69. The molecule has 3 rings (SSSR count). The zero-order valence-corrected chi connectivity index (χ0v) is 10.1. The van der Waals surface area contributed by atoms with Gasteiger partial charge in [0.15, 0.2) is 0 Å². The van der Waals surface area contributed by atoms with E-state index in [1.54, 1.807) is 0 Å². The van der Waals surface area contributed by atoms with Crippen LogP contribution in [0.15, 0.2) is 0 Å². The molecule has 4 heteroatoms. The largest absolute Gasteiger partial charge is 0.469 e. The molecule has 1 N–H and O–H groups in total. The zero-order chi connectivity index (χ0) is 11.8. The number of ether oxygens (including phenoxy) is 1. The maximum Gasteiger partial charge on any atom is 0.311 e. The van der Waals surface area contributed by atoms with Gasteiger partial charge in [0.1, 0.15) is 0 Å². The van der Waals surface area contributed by atoms with Gasteiger partial charge in [-0.05, 0) is 38.3 Å². The Morgan fingerprint density at radius 2 is 2.19 bits per heavy atom. The minimum atomic E-state index is -0.863. The lowest BCUT2D eigenvalue weighted by atomic mass is 9.68. The molecule has 3 saturated heterocycles. The van der Waals surface area contributed by atoms with E-state index in [1.165, 1.54) is 7.11 Å². The van der Waals surface area contributed by atoms with Crippen molar-refractivity contribution in [1.82, 2.24) is 4.90 Å². The number of methoxy groups -OCH3 is 1. The number of nitrogens with zero attached hydrogens (tertiary/aromatic N) is 1. The molecule has 0 amide bonds. The molecule has 3 aliphatic heterocycles. The molecule has 92 valence electrons. The Kier molecular flexibility index (Phi) is 3.22. The van der Waals surface area contributed by atoms with Crippen LogP contribution in [0, 0.1) is 11.8 Å². The van der Waals surface area contributed by atoms with E-state index in [-0.39, 0.29) is 17.8 Å². The summed E-state index contributed by atoms with van der Waals surface area (Å²) >= 11 is 0. The number of hydrogen-bond acceptors (Lipinski definition) is 4. The van der Waals surface area contributed by atoms with Crippen LogP contribution in [-0.2, 0) is 9.53 Å². The monoisotopic (exact) mass is 227 g/mol. The van der Waals surface area contributed by atoms with Gasteiger partial charge in [0.05, 0.1) is 18.6 Å². The van der Waals surface area contributed by atoms with Crippen LogP contribution in [-0.4, -0.2) is 48.3 Å². The molecule has 16 heavy (non-hydrogen) atoms. The van der Waals surface area contributed by atoms with Crippen molar-refractivity contribution in [3.8, 4) is 0 Å². The highest BCUT2D eigenvalue weighted by atomic mass is 16.5. The molecule has 2 bridgehead atoms. The Bertz CT molecular complexity index is 273. The molecule has 2 atom stereocenters. The molecule has 3 fully saturated rings. The first kappa shape index (κ1) is 11.9. The van der Waals surface area contributed by atoms with Crippen molar-refractivity contribution in [3.05, 3.63) is 0 Å². The molecule has 2 unspecified atom stereocenters. The molecule has 0 aromatic heterocycles. The van der Waals surface area contributed by atoms with Gasteiger partial charge in [-0.1, -0.05) is 6.92 Å². The van der Waals surface area contributed by atoms with Gasteiger partial charge in [0.25, 0.3) is 0 Å². The van der Waals surface area contributed by atoms with Crippen LogP contribution in [0.3, 0.4) is 0 Å². The predicted molar refractivity (Wildman–Crippen MR) is 59.9 cm³/mol. The fourth-order valence-electron chi connectivity index (χ4n) is 3.34. The van der Waals surface area contributed by atoms with Gasteiger partial charge in [0, 0.05) is 6.54 Å². The van der Waals surface area contributed by atoms with E-state index in [4.69, 9.17) is 4.74 Å². The third-order valence-electron chi connectivity index (χ3n) is 4.27. The number of fused-ring (bicyclic) bond motifs is 3. The van der Waals surface area contributed by atoms with Gasteiger partial charge >= 0.3 is 5.97 Å². The number of carbonyl (C=O) groups is 1. The lowest BCUT2D eigenvalue weighted by Crippen LogP contribution is -2.63. The lowest BCUT2D eigenvalue weighted by Gasteiger charge is -2.52. The van der Waals surface area contributed by atoms with Crippen molar-refractivity contribution in [2.24, 2.45) is 11.8 Å². The molecule has 4 nitrogen and oxygen atoms in total. The Morgan fingerprint density at radius 1 is 1.56 bits per heavy atom. The van der Waals surface area contributed by atoms with E-state index >= 15 is 0 Å². The van der Waals surface area contributed by atoms with Gasteiger partial charge in [-0.25, -0.2) is 0 Å². The maximum atomic E-state index is 11.7. The summed E-state index contributed by atoms with van der Waals surface area (Å²) in [7, 11) is 1.40. The van der Waals surface area contributed by atoms with Crippen molar-refractivity contribution in [2.75, 3.05) is 26.7 Å². The molecule has 0 saturated carbocycles. The van der Waals surface area contributed by atoms with E-state index < -0.39 is 5.60 Å². The predicted octanol–water partition coefficient (Wildman–Crippen LogP) is 0.642. The van der Waals surface area contributed by atoms with Crippen LogP contribution >= 0.6 is 0 Å². The SMILES string of the molecule is CCC(C(=O)OC)C1(O)CN2CCC1CC2. The summed E-state index contributed by atoms with van der Waals surface area (Å²) in [5.74, 6) is -0.370. The summed E-state index contributed by atoms with van der Waals surface area (Å²) in [5.41, 5.74) is -0.863. The normalized spacial score (nSPS) is 39.4. The minimum Gasteiger partial charge on any atom is -0.469 e. The summed E-state index contributed by atoms with van der Waals surface area (Å²) in [6.07, 6.45) is 2.65. The van der Waals surface area contributed by atoms with E-state index in [0.717, 1.165) is 25.9 Å². The molecular formula is C12H21NO3. The van der Waals surface area contributed by atoms with Crippen molar-refractivity contribution in [1.29, 1.82) is 0 Å². The third kappa shape index (κ3) is 1.74. The summed E-state index contributed by atoms with van der Waals surface area (Å²) in [4.78, 5) is 14.0. The third-order valence-corrected chi connectivity index (χ3v) is 4.27. The topological polar surface area (TPSA) is 49.8 Å². The van der Waals surface area contributed by atoms with Gasteiger partial charge in [-0.15, -0.1) is 0 Å². The number of piperidine rings is 3. The fourth-order valence-corrected chi connectivity index (χ4v) is 3.34. The van der Waals surface area contributed by atoms with Gasteiger partial charge in [-0.2, -0.15) is 0 Å². The Hall–Kier alpha value is -0.610. The fraction of sp³-hybridized carbons (Fsp3) is 0.917. The first-order valence-corrected chi connectivity index (χ1v) is 6.14. The second-order valence-corrected chi connectivity index (χ2v) is 5.03. The number of aliphatic hydroxyl groups is 1. The highest BCUT2D eigenvalue weighted by Gasteiger charge is 2.52. The van der Waals surface area contributed by atoms with Gasteiger partial charge in [-0.3, -0.25) is 4.79 Å². The maximum absolute atomic E-state index is 11.7. The highest BCUT2D eigenvalue weighted by Crippen LogP contribution is 2.41. The van der Waals surface area contributed by atoms with Crippen molar-refractivity contribution in [2.45, 2.75) is 31.8 Å². The summed E-state index contributed by atoms with van der Waals surface area (Å²) < 4.78 is 4.81. The smallest absolute Gasteiger partial charge is 0.311 e. The number of carbonyl (C=O) groups excluding carboxylic acids is 1. The molecular weight excluding hydrogens is 206 g/mol. The highest BCUT2D eigenvalue weighted by molar-refractivity contribution is 5.74. The first-order chi connectivity index (χ1) is 7.61. The average molecular weight is 227 g/mol. The van der Waals surface area contributed by atoms with Gasteiger partial charge < -0.3 is 14.7 Å². The lowest BCUT2D eigenvalue weighted by molar-refractivity contribution is -0.178. The van der Waals surface area contributed by atoms with E-state index in [0.29, 0.717) is 13.0 Å². The minimum absolute atomic E-state index is 0.265. The molecule has 0 spiro atoms. The second-order valence-electron chi connectivity index (χ2n) is 5.03. The van der Waals surface area contributed by atoms with Crippen molar-refractivity contribution >= 4 is 5.97 Å². The average Bonchev–Trinajstić information content (AvgIpc) is 2.30. The van der Waals surface area contributed by atoms with Crippen LogP contribution in [0.5, 0.6) is 0 Å². The summed E-state index contributed by atoms with van der Waals surface area (Å²) in [6, 6.07) is 0. The zero-order valence-electron chi connectivity index (χ0n) is 10.1. The standard InChI is InChI=1S/C12H21NO3/c1-3-10(11(14)16-2)12(15)8-13-6-4-9(12)5-7-13/h9-10,15H,3-8H2,1-2H3. The molecule has 3 heterocycles. The number of esters is 1. The van der Waals surface area contributed by atoms with Crippen LogP contribution in [0.4, 0.5) is 0 Å². The Labute approximate surface area is 96.6 Å². The Morgan fingerprint density at radius 3 is 2.56 bits per heavy atom. The number of hydrogen-bond donors (Lipinski definition) is 1. The first-order valence-electron chi connectivity index (χ1n) is 6.14. The quantitative estimate of drug-likeness (QED) is 0.719. The summed E-state index contributed by atoms with van der Waals surface area (Å²) in [5, 5.41) is 10.8. The van der Waals surface area contributed by atoms with Crippen molar-refractivity contribution in [3.63, 3.8) is 0 Å². The molecule has 3 aliphatic rings. The van der Waals surface area contributed by atoms with Crippen LogP contribution in [0.2, 0.25) is 0 Å². The van der Waals surface area contributed by atoms with Gasteiger partial charge in [0.2, 0.25) is 0 Å². The van der Waals surface area contributed by atoms with Crippen LogP contribution in [0.1, 0.15) is 26.2 Å². The van der Waals surface area contributed by atoms with Crippen LogP contribution in [0.25, 0.3) is 0 Å². The van der Waals surface area contributed by atoms with E-state index in [9.17, 15) is 9.90 Å². The molecule has 0 aromatic carbocycles. The molecule has 0 aromatic rings. The van der Waals surface area contributed by atoms with E-state index in [1.807, 2.05) is 6.92 Å².